The third-order valence-corrected chi connectivity index (χ3v) is 4.62. The number of likely N-dealkylation sites (N-methyl/N-ethyl adjacent to an activating group) is 1. The first-order valence-electron chi connectivity index (χ1n) is 7.11. The molecule has 1 saturated carbocycles. The van der Waals surface area contributed by atoms with Crippen molar-refractivity contribution in [1.82, 2.24) is 10.2 Å². The molecule has 4 unspecified atom stereocenters. The number of rotatable bonds is 2. The van der Waals surface area contributed by atoms with Gasteiger partial charge in [-0.1, -0.05) is 19.8 Å². The molecule has 1 saturated heterocycles. The fourth-order valence-corrected chi connectivity index (χ4v) is 3.30. The molecule has 1 aliphatic heterocycles. The highest BCUT2D eigenvalue weighted by atomic mass is 15.2. The van der Waals surface area contributed by atoms with Gasteiger partial charge in [0.1, 0.15) is 0 Å². The van der Waals surface area contributed by atoms with Crippen molar-refractivity contribution < 1.29 is 0 Å². The van der Waals surface area contributed by atoms with Gasteiger partial charge in [-0.25, -0.2) is 0 Å². The van der Waals surface area contributed by atoms with Crippen LogP contribution in [-0.4, -0.2) is 36.6 Å². The van der Waals surface area contributed by atoms with Crippen LogP contribution in [-0.2, 0) is 0 Å². The maximum atomic E-state index is 3.90. The SMILES string of the molecule is CC1CCCC(NC2CC(C)N(C)C2)CC1. The first kappa shape index (κ1) is 12.4. The Morgan fingerprint density at radius 3 is 2.50 bits per heavy atom. The highest BCUT2D eigenvalue weighted by molar-refractivity contribution is 4.87. The van der Waals surface area contributed by atoms with E-state index in [1.165, 1.54) is 45.1 Å². The van der Waals surface area contributed by atoms with Gasteiger partial charge in [0.25, 0.3) is 0 Å². The maximum absolute atomic E-state index is 3.90. The van der Waals surface area contributed by atoms with E-state index in [-0.39, 0.29) is 0 Å². The Kier molecular flexibility index (Phi) is 4.26. The summed E-state index contributed by atoms with van der Waals surface area (Å²) in [6.45, 7) is 6.00. The third kappa shape index (κ3) is 3.21. The summed E-state index contributed by atoms with van der Waals surface area (Å²) in [6, 6.07) is 2.31. The molecule has 1 N–H and O–H groups in total. The number of hydrogen-bond acceptors (Lipinski definition) is 2. The molecule has 2 heteroatoms. The van der Waals surface area contributed by atoms with Crippen LogP contribution >= 0.6 is 0 Å². The van der Waals surface area contributed by atoms with Gasteiger partial charge in [0, 0.05) is 24.7 Å². The minimum absolute atomic E-state index is 0.749. The molecule has 0 aromatic carbocycles. The Morgan fingerprint density at radius 1 is 1.00 bits per heavy atom. The molecule has 94 valence electrons. The highest BCUT2D eigenvalue weighted by Crippen LogP contribution is 2.24. The summed E-state index contributed by atoms with van der Waals surface area (Å²) in [4.78, 5) is 2.48. The van der Waals surface area contributed by atoms with E-state index in [0.29, 0.717) is 0 Å². The van der Waals surface area contributed by atoms with Crippen LogP contribution in [0.2, 0.25) is 0 Å². The van der Waals surface area contributed by atoms with Crippen LogP contribution in [0.5, 0.6) is 0 Å². The van der Waals surface area contributed by atoms with Gasteiger partial charge in [0.05, 0.1) is 0 Å². The number of hydrogen-bond donors (Lipinski definition) is 1. The molecular formula is C14H28N2. The average molecular weight is 224 g/mol. The zero-order chi connectivity index (χ0) is 11.5. The Hall–Kier alpha value is -0.0800. The summed E-state index contributed by atoms with van der Waals surface area (Å²) >= 11 is 0. The summed E-state index contributed by atoms with van der Waals surface area (Å²) in [5.41, 5.74) is 0. The average Bonchev–Trinajstić information content (AvgIpc) is 2.44. The molecule has 16 heavy (non-hydrogen) atoms. The van der Waals surface area contributed by atoms with Crippen LogP contribution in [0.25, 0.3) is 0 Å². The zero-order valence-corrected chi connectivity index (χ0v) is 11.2. The quantitative estimate of drug-likeness (QED) is 0.725. The summed E-state index contributed by atoms with van der Waals surface area (Å²) in [6.07, 6.45) is 8.43. The van der Waals surface area contributed by atoms with Gasteiger partial charge >= 0.3 is 0 Å². The van der Waals surface area contributed by atoms with E-state index < -0.39 is 0 Å². The molecule has 1 aliphatic carbocycles. The van der Waals surface area contributed by atoms with Crippen molar-refractivity contribution in [2.45, 2.75) is 70.5 Å². The van der Waals surface area contributed by atoms with Gasteiger partial charge in [0.2, 0.25) is 0 Å². The topological polar surface area (TPSA) is 15.3 Å². The lowest BCUT2D eigenvalue weighted by atomic mass is 10.0. The van der Waals surface area contributed by atoms with Crippen molar-refractivity contribution in [3.05, 3.63) is 0 Å². The molecular weight excluding hydrogens is 196 g/mol. The lowest BCUT2D eigenvalue weighted by Crippen LogP contribution is -2.39. The summed E-state index contributed by atoms with van der Waals surface area (Å²) in [5, 5.41) is 3.90. The van der Waals surface area contributed by atoms with Crippen LogP contribution in [0.4, 0.5) is 0 Å². The summed E-state index contributed by atoms with van der Waals surface area (Å²) in [7, 11) is 2.25. The van der Waals surface area contributed by atoms with Gasteiger partial charge in [0.15, 0.2) is 0 Å². The van der Waals surface area contributed by atoms with Crippen LogP contribution in [0.15, 0.2) is 0 Å². The molecule has 2 aliphatic rings. The lowest BCUT2D eigenvalue weighted by molar-refractivity contribution is 0.322. The minimum atomic E-state index is 0.749. The van der Waals surface area contributed by atoms with Crippen molar-refractivity contribution >= 4 is 0 Å². The Bertz CT molecular complexity index is 207. The molecule has 2 rings (SSSR count). The van der Waals surface area contributed by atoms with Crippen LogP contribution in [0.3, 0.4) is 0 Å². The normalized spacial score (nSPS) is 42.2. The molecule has 2 fully saturated rings. The van der Waals surface area contributed by atoms with Crippen LogP contribution in [0, 0.1) is 5.92 Å². The molecule has 2 nitrogen and oxygen atoms in total. The van der Waals surface area contributed by atoms with Crippen molar-refractivity contribution in [2.75, 3.05) is 13.6 Å². The highest BCUT2D eigenvalue weighted by Gasteiger charge is 2.28. The van der Waals surface area contributed by atoms with E-state index in [1.807, 2.05) is 0 Å². The van der Waals surface area contributed by atoms with E-state index in [9.17, 15) is 0 Å². The molecule has 0 radical (unpaired) electrons. The van der Waals surface area contributed by atoms with E-state index in [4.69, 9.17) is 0 Å². The van der Waals surface area contributed by atoms with E-state index in [2.05, 4.69) is 31.1 Å². The van der Waals surface area contributed by atoms with E-state index in [0.717, 1.165) is 24.0 Å². The second-order valence-electron chi connectivity index (χ2n) is 6.20. The van der Waals surface area contributed by atoms with Gasteiger partial charge in [-0.05, 0) is 45.6 Å². The number of nitrogens with zero attached hydrogens (tertiary/aromatic N) is 1. The summed E-state index contributed by atoms with van der Waals surface area (Å²) < 4.78 is 0. The van der Waals surface area contributed by atoms with Crippen LogP contribution in [0.1, 0.15) is 52.4 Å². The minimum Gasteiger partial charge on any atom is -0.310 e. The Morgan fingerprint density at radius 2 is 1.81 bits per heavy atom. The fourth-order valence-electron chi connectivity index (χ4n) is 3.30. The third-order valence-electron chi connectivity index (χ3n) is 4.62. The maximum Gasteiger partial charge on any atom is 0.0212 e. The van der Waals surface area contributed by atoms with Crippen molar-refractivity contribution in [1.29, 1.82) is 0 Å². The molecule has 0 aromatic rings. The van der Waals surface area contributed by atoms with Gasteiger partial charge < -0.3 is 10.2 Å². The van der Waals surface area contributed by atoms with Crippen LogP contribution < -0.4 is 5.32 Å². The Labute approximate surface area is 101 Å². The summed E-state index contributed by atoms with van der Waals surface area (Å²) in [5.74, 6) is 0.956. The molecule has 0 amide bonds. The molecule has 0 aromatic heterocycles. The largest absolute Gasteiger partial charge is 0.310 e. The fraction of sp³-hybridized carbons (Fsp3) is 1.00. The first-order valence-corrected chi connectivity index (χ1v) is 7.11. The molecule has 0 spiro atoms. The van der Waals surface area contributed by atoms with Gasteiger partial charge in [-0.3, -0.25) is 0 Å². The molecule has 4 atom stereocenters. The number of nitrogens with one attached hydrogen (secondary N) is 1. The monoisotopic (exact) mass is 224 g/mol. The van der Waals surface area contributed by atoms with Gasteiger partial charge in [-0.15, -0.1) is 0 Å². The molecule has 1 heterocycles. The van der Waals surface area contributed by atoms with Crippen molar-refractivity contribution in [2.24, 2.45) is 5.92 Å². The smallest absolute Gasteiger partial charge is 0.0212 e. The standard InChI is InChI=1S/C14H28N2/c1-11-5-4-6-13(8-7-11)15-14-9-12(2)16(3)10-14/h11-15H,4-10H2,1-3H3. The zero-order valence-electron chi connectivity index (χ0n) is 11.2. The second-order valence-corrected chi connectivity index (χ2v) is 6.20. The first-order chi connectivity index (χ1) is 7.65. The van der Waals surface area contributed by atoms with Crippen molar-refractivity contribution in [3.8, 4) is 0 Å². The molecule has 0 bridgehead atoms. The van der Waals surface area contributed by atoms with E-state index in [1.54, 1.807) is 0 Å². The predicted octanol–water partition coefficient (Wildman–Crippen LogP) is 2.64. The second kappa shape index (κ2) is 5.50. The lowest BCUT2D eigenvalue weighted by Gasteiger charge is -2.21. The van der Waals surface area contributed by atoms with Crippen molar-refractivity contribution in [3.63, 3.8) is 0 Å². The predicted molar refractivity (Wildman–Crippen MR) is 69.7 cm³/mol. The number of likely N-dealkylation sites (tertiary alicyclic amines) is 1. The van der Waals surface area contributed by atoms with Gasteiger partial charge in [-0.2, -0.15) is 0 Å². The van der Waals surface area contributed by atoms with E-state index >= 15 is 0 Å². The Balaban J connectivity index is 1.77.